The van der Waals surface area contributed by atoms with Gasteiger partial charge in [-0.05, 0) is 34.6 Å². The molecule has 0 aromatic rings. The molecule has 0 aromatic carbocycles. The van der Waals surface area contributed by atoms with Crippen molar-refractivity contribution in [2.24, 2.45) is 17.6 Å². The van der Waals surface area contributed by atoms with Gasteiger partial charge in [-0.15, -0.1) is 19.6 Å². The first-order valence-corrected chi connectivity index (χ1v) is 30.1. The van der Waals surface area contributed by atoms with Crippen LogP contribution in [-0.4, -0.2) is 189 Å². The lowest BCUT2D eigenvalue weighted by Crippen LogP contribution is -2.36. The SMILES string of the molecule is CN.CN(C)C.O=C(O)CC(C(=O)O)C(C(=O)O)P(=O)(O)O.O=C(O)CC(CP(=O)(O)O)C(=O)O.O=P(O)(O)C(CC(P(=O)(O)O)P(=O)(O)O)P(=O)(O)O.O=[P+](O)O[P+](=O)O.O=[P+](O)O[P+](=O)O. The van der Waals surface area contributed by atoms with E-state index in [4.69, 9.17) is 104 Å². The van der Waals surface area contributed by atoms with Crippen LogP contribution in [0.1, 0.15) is 19.3 Å². The van der Waals surface area contributed by atoms with Gasteiger partial charge in [-0.2, -0.15) is 0 Å². The fourth-order valence-corrected chi connectivity index (χ4v) is 11.6. The van der Waals surface area contributed by atoms with E-state index in [1.165, 1.54) is 7.05 Å². The second-order valence-electron chi connectivity index (χ2n) is 11.4. The van der Waals surface area contributed by atoms with Crippen LogP contribution in [0.15, 0.2) is 0 Å². The van der Waals surface area contributed by atoms with Gasteiger partial charge in [0.05, 0.1) is 30.8 Å². The van der Waals surface area contributed by atoms with Crippen molar-refractivity contribution in [3.63, 3.8) is 0 Å². The van der Waals surface area contributed by atoms with Crippen LogP contribution < -0.4 is 5.73 Å². The molecule has 0 saturated carbocycles. The molecule has 0 amide bonds. The van der Waals surface area contributed by atoms with Gasteiger partial charge in [-0.3, -0.25) is 51.4 Å². The maximum atomic E-state index is 10.9. The van der Waals surface area contributed by atoms with Crippen molar-refractivity contribution >= 4 is 108 Å². The molecular weight excluding hydrogens is 1160 g/mol. The van der Waals surface area contributed by atoms with E-state index in [-0.39, 0.29) is 0 Å². The molecule has 50 heteroatoms. The summed E-state index contributed by atoms with van der Waals surface area (Å²) in [4.78, 5) is 188. The van der Waals surface area contributed by atoms with Crippen LogP contribution in [0.2, 0.25) is 0 Å². The third kappa shape index (κ3) is 53.7. The third-order valence-corrected chi connectivity index (χ3v) is 17.2. The quantitative estimate of drug-likeness (QED) is 0.0517. The van der Waals surface area contributed by atoms with Crippen LogP contribution in [0, 0.1) is 11.8 Å². The minimum Gasteiger partial charge on any atom is -0.481 e. The van der Waals surface area contributed by atoms with Gasteiger partial charge in [0.2, 0.25) is 0 Å². The Bertz CT molecular complexity index is 1810. The molecule has 68 heavy (non-hydrogen) atoms. The van der Waals surface area contributed by atoms with E-state index in [1.54, 1.807) is 0 Å². The van der Waals surface area contributed by atoms with Crippen molar-refractivity contribution in [3.8, 4) is 0 Å². The molecule has 0 aliphatic rings. The van der Waals surface area contributed by atoms with Gasteiger partial charge < -0.3 is 94.9 Å². The number of carbonyl (C=O) groups is 5. The summed E-state index contributed by atoms with van der Waals surface area (Å²) in [6, 6.07) is 0. The molecule has 0 rings (SSSR count). The summed E-state index contributed by atoms with van der Waals surface area (Å²) in [5.41, 5.74) is 1.93. The van der Waals surface area contributed by atoms with Gasteiger partial charge in [0.1, 0.15) is 0 Å². The monoisotopic (exact) mass is 1210 g/mol. The van der Waals surface area contributed by atoms with E-state index in [0.29, 0.717) is 0 Å². The van der Waals surface area contributed by atoms with E-state index in [0.717, 1.165) is 0 Å². The first-order chi connectivity index (χ1) is 29.7. The topological polar surface area (TPSA) is 729 Å². The summed E-state index contributed by atoms with van der Waals surface area (Å²) in [6.45, 7) is 0. The van der Waals surface area contributed by atoms with Crippen molar-refractivity contribution in [2.75, 3.05) is 34.4 Å². The Balaban J connectivity index is -0.000000138. The molecule has 7 unspecified atom stereocenters. The summed E-state index contributed by atoms with van der Waals surface area (Å²) in [5, 5.41) is 36.1. The summed E-state index contributed by atoms with van der Waals surface area (Å²) >= 11 is 0. The number of carboxylic acids is 5. The number of carboxylic acid groups (broad SMARTS) is 5. The standard InChI is InChI=1S/C6H9O9P.C5H9O7P.C3H9N.C3H12O12P4.CH5N.2O5P2/c7-3(8)1-2(5(9)10)4(6(11)12)16(13,14)15;6-4(7)1-3(5(8)9)2-13(10,11)12;1-4(2)3;4-16(5,6)2(17(7,8)9)1-3(18(10,11)12)19(13,14)15;1-2;2*1-6(2)5-7(3)4/h2,4H,1H2,(H,7,8)(H,9,10)(H,11,12)(H2,13,14,15);3H,1-2H2,(H,6,7)(H,8,9)(H2,10,11,12);1-3H3;2-3H,1H2,(H2,4,5,6)(H2,7,8,9)(H2,10,11,12)(H2,13,14,15);2H2,1H3;;/p+4. The van der Waals surface area contributed by atoms with E-state index >= 15 is 0 Å². The second-order valence-corrected chi connectivity index (χ2v) is 26.1. The van der Waals surface area contributed by atoms with Crippen molar-refractivity contribution in [1.29, 1.82) is 0 Å². The molecule has 0 aliphatic heterocycles. The lowest BCUT2D eigenvalue weighted by atomic mass is 10.0. The third-order valence-electron chi connectivity index (χ3n) is 5.19. The second kappa shape index (κ2) is 37.1. The van der Waals surface area contributed by atoms with Crippen LogP contribution in [0.3, 0.4) is 0 Å². The Morgan fingerprint density at radius 3 is 0.853 bits per heavy atom. The molecule has 0 fully saturated rings. The van der Waals surface area contributed by atoms with E-state index in [1.807, 2.05) is 26.0 Å². The molecule has 0 saturated heterocycles. The predicted molar refractivity (Wildman–Crippen MR) is 219 cm³/mol. The molecule has 0 aromatic heterocycles. The lowest BCUT2D eigenvalue weighted by Gasteiger charge is -2.25. The molecule has 0 bridgehead atoms. The highest BCUT2D eigenvalue weighted by atomic mass is 31.2. The summed E-state index contributed by atoms with van der Waals surface area (Å²) < 4.78 is 109. The van der Waals surface area contributed by atoms with Gasteiger partial charge >= 0.3 is 108 Å². The molecule has 0 radical (unpaired) electrons. The van der Waals surface area contributed by atoms with E-state index in [2.05, 4.69) is 14.4 Å². The van der Waals surface area contributed by atoms with Gasteiger partial charge in [0, 0.05) is 18.3 Å². The van der Waals surface area contributed by atoms with Gasteiger partial charge in [-0.25, -0.2) is 0 Å². The Labute approximate surface area is 382 Å². The fraction of sp³-hybridized carbons (Fsp3) is 0.722. The van der Waals surface area contributed by atoms with Gasteiger partial charge in [0.15, 0.2) is 25.1 Å². The first kappa shape index (κ1) is 80.4. The zero-order valence-electron chi connectivity index (χ0n) is 34.0. The Hall–Kier alpha value is -1.67. The first-order valence-electron chi connectivity index (χ1n) is 15.4. The zero-order valence-corrected chi connectivity index (χ0v) is 43.0. The lowest BCUT2D eigenvalue weighted by molar-refractivity contribution is -0.152. The van der Waals surface area contributed by atoms with Crippen LogP contribution in [-0.2, 0) is 78.2 Å². The molecule has 40 nitrogen and oxygen atoms in total. The van der Waals surface area contributed by atoms with Crippen LogP contribution in [0.4, 0.5) is 0 Å². The van der Waals surface area contributed by atoms with Crippen molar-refractivity contribution < 1.29 is 182 Å². The highest BCUT2D eigenvalue weighted by molar-refractivity contribution is 7.72. The highest BCUT2D eigenvalue weighted by Gasteiger charge is 2.53. The summed E-state index contributed by atoms with van der Waals surface area (Å²) in [7, 11) is -36.1. The van der Waals surface area contributed by atoms with Crippen molar-refractivity contribution in [3.05, 3.63) is 0 Å². The maximum Gasteiger partial charge on any atom is 0.745 e. The largest absolute Gasteiger partial charge is 0.745 e. The number of rotatable bonds is 21. The average Bonchev–Trinajstić information content (AvgIpc) is 3.00. The number of nitrogens with two attached hydrogens (primary N) is 1. The molecule has 23 N–H and O–H groups in total. The van der Waals surface area contributed by atoms with Crippen LogP contribution in [0.25, 0.3) is 0 Å². The van der Waals surface area contributed by atoms with E-state index < -0.39 is 162 Å². The number of hydrogen-bond donors (Lipinski definition) is 22. The summed E-state index contributed by atoms with van der Waals surface area (Å²) in [5.74, 6) is -12.3. The normalized spacial score (nSPS) is 13.8. The number of nitrogens with zero attached hydrogens (tertiary/aromatic N) is 1. The average molecular weight is 1210 g/mol. The minimum atomic E-state index is -5.54. The Morgan fingerprint density at radius 1 is 0.485 bits per heavy atom. The van der Waals surface area contributed by atoms with Crippen LogP contribution in [0.5, 0.6) is 0 Å². The molecule has 7 atom stereocenters. The number of aliphatic carboxylic acids is 5. The fourth-order valence-electron chi connectivity index (χ4n) is 3.05. The Kier molecular flexibility index (Phi) is 43.9. The van der Waals surface area contributed by atoms with Gasteiger partial charge in [0.25, 0.3) is 0 Å². The molecule has 404 valence electrons. The molecule has 0 aliphatic carbocycles. The molecule has 0 spiro atoms. The van der Waals surface area contributed by atoms with Crippen LogP contribution >= 0.6 is 78.6 Å². The predicted octanol–water partition coefficient (Wildman–Crippen LogP) is -2.77. The minimum absolute atomic E-state index is 0.791. The Morgan fingerprint density at radius 2 is 0.735 bits per heavy atom. The van der Waals surface area contributed by atoms with Crippen molar-refractivity contribution in [1.82, 2.24) is 4.90 Å². The van der Waals surface area contributed by atoms with E-state index in [9.17, 15) is 69.6 Å². The molecule has 0 heterocycles. The van der Waals surface area contributed by atoms with Gasteiger partial charge in [-0.1, -0.05) is 0 Å². The highest BCUT2D eigenvalue weighted by Crippen LogP contribution is 2.69. The molecular formula is C18H48N2O38P10+4. The van der Waals surface area contributed by atoms with Crippen molar-refractivity contribution in [2.45, 2.75) is 35.7 Å². The zero-order chi connectivity index (χ0) is 56.9. The number of hydrogen-bond acceptors (Lipinski definition) is 19. The smallest absolute Gasteiger partial charge is 0.481 e. The maximum absolute atomic E-state index is 10.9. The summed E-state index contributed by atoms with van der Waals surface area (Å²) in [6.07, 6.45) is -4.66.